The van der Waals surface area contributed by atoms with Gasteiger partial charge >= 0.3 is 0 Å². The molecule has 0 bridgehead atoms. The van der Waals surface area contributed by atoms with Gasteiger partial charge in [0.15, 0.2) is 0 Å². The average molecular weight is 165 g/mol. The van der Waals surface area contributed by atoms with Crippen molar-refractivity contribution in [3.63, 3.8) is 0 Å². The molecule has 0 aliphatic rings. The zero-order valence-electron chi connectivity index (χ0n) is 6.87. The van der Waals surface area contributed by atoms with Crippen molar-refractivity contribution in [3.05, 3.63) is 29.3 Å². The lowest BCUT2D eigenvalue weighted by Crippen LogP contribution is -2.10. The van der Waals surface area contributed by atoms with E-state index in [9.17, 15) is 9.90 Å². The molecule has 0 atom stereocenters. The highest BCUT2D eigenvalue weighted by Crippen LogP contribution is 2.18. The molecule has 0 aliphatic carbocycles. The third-order valence-electron chi connectivity index (χ3n) is 1.75. The summed E-state index contributed by atoms with van der Waals surface area (Å²) in [7, 11) is 0. The number of amides is 1. The Hall–Kier alpha value is -1.51. The van der Waals surface area contributed by atoms with E-state index < -0.39 is 5.91 Å². The monoisotopic (exact) mass is 165 g/mol. The standard InChI is InChI=1S/C9H11NO2/c1-2-6-3-4-7(9(10)12)5-8(6)11/h3-5,11H,2H2,1H3,(H2,10,12). The molecule has 1 aromatic rings. The number of aromatic hydroxyl groups is 1. The highest BCUT2D eigenvalue weighted by Gasteiger charge is 2.03. The number of nitrogens with two attached hydrogens (primary N) is 1. The van der Waals surface area contributed by atoms with Crippen LogP contribution in [0.2, 0.25) is 0 Å². The Morgan fingerprint density at radius 2 is 2.25 bits per heavy atom. The average Bonchev–Trinajstić information content (AvgIpc) is 2.04. The SMILES string of the molecule is CCc1ccc(C(N)=O)cc1O. The van der Waals surface area contributed by atoms with E-state index in [0.29, 0.717) is 5.56 Å². The molecule has 0 radical (unpaired) electrons. The summed E-state index contributed by atoms with van der Waals surface area (Å²) in [4.78, 5) is 10.7. The quantitative estimate of drug-likeness (QED) is 0.688. The molecule has 0 aromatic heterocycles. The van der Waals surface area contributed by atoms with E-state index in [0.717, 1.165) is 12.0 Å². The van der Waals surface area contributed by atoms with Crippen LogP contribution in [0.15, 0.2) is 18.2 Å². The topological polar surface area (TPSA) is 63.3 Å². The van der Waals surface area contributed by atoms with Gasteiger partial charge in [-0.1, -0.05) is 13.0 Å². The van der Waals surface area contributed by atoms with E-state index in [1.807, 2.05) is 6.92 Å². The van der Waals surface area contributed by atoms with Gasteiger partial charge in [0, 0.05) is 5.56 Å². The maximum atomic E-state index is 10.7. The number of benzene rings is 1. The molecular weight excluding hydrogens is 154 g/mol. The van der Waals surface area contributed by atoms with Crippen LogP contribution in [0.1, 0.15) is 22.8 Å². The summed E-state index contributed by atoms with van der Waals surface area (Å²) in [6, 6.07) is 4.71. The first-order valence-corrected chi connectivity index (χ1v) is 3.77. The van der Waals surface area contributed by atoms with Gasteiger partial charge in [-0.3, -0.25) is 4.79 Å². The zero-order valence-corrected chi connectivity index (χ0v) is 6.87. The van der Waals surface area contributed by atoms with E-state index in [4.69, 9.17) is 5.73 Å². The van der Waals surface area contributed by atoms with E-state index in [-0.39, 0.29) is 5.75 Å². The van der Waals surface area contributed by atoms with Crippen molar-refractivity contribution < 1.29 is 9.90 Å². The minimum atomic E-state index is -0.520. The number of phenols is 1. The Balaban J connectivity index is 3.10. The summed E-state index contributed by atoms with van der Waals surface area (Å²) in [5.74, 6) is -0.387. The van der Waals surface area contributed by atoms with E-state index in [1.165, 1.54) is 6.07 Å². The molecule has 12 heavy (non-hydrogen) atoms. The Bertz CT molecular complexity index is 307. The van der Waals surface area contributed by atoms with Gasteiger partial charge in [0.05, 0.1) is 0 Å². The van der Waals surface area contributed by atoms with Crippen molar-refractivity contribution in [1.82, 2.24) is 0 Å². The zero-order chi connectivity index (χ0) is 9.14. The maximum absolute atomic E-state index is 10.7. The molecule has 0 fully saturated rings. The first kappa shape index (κ1) is 8.59. The molecule has 3 N–H and O–H groups in total. The highest BCUT2D eigenvalue weighted by molar-refractivity contribution is 5.93. The third-order valence-corrected chi connectivity index (χ3v) is 1.75. The van der Waals surface area contributed by atoms with Crippen molar-refractivity contribution in [1.29, 1.82) is 0 Å². The molecule has 0 heterocycles. The Kier molecular flexibility index (Phi) is 2.33. The first-order valence-electron chi connectivity index (χ1n) is 3.77. The van der Waals surface area contributed by atoms with Gasteiger partial charge in [0.1, 0.15) is 5.75 Å². The first-order chi connectivity index (χ1) is 5.65. The molecule has 0 unspecified atom stereocenters. The van der Waals surface area contributed by atoms with Crippen molar-refractivity contribution in [2.75, 3.05) is 0 Å². The van der Waals surface area contributed by atoms with Gasteiger partial charge in [0.2, 0.25) is 5.91 Å². The summed E-state index contributed by atoms with van der Waals surface area (Å²) in [5, 5.41) is 9.33. The minimum absolute atomic E-state index is 0.133. The molecule has 1 aromatic carbocycles. The Morgan fingerprint density at radius 3 is 2.67 bits per heavy atom. The van der Waals surface area contributed by atoms with Crippen molar-refractivity contribution in [2.45, 2.75) is 13.3 Å². The molecule has 0 spiro atoms. The molecule has 0 aliphatic heterocycles. The highest BCUT2D eigenvalue weighted by atomic mass is 16.3. The van der Waals surface area contributed by atoms with Gasteiger partial charge in [-0.05, 0) is 24.1 Å². The molecule has 1 rings (SSSR count). The smallest absolute Gasteiger partial charge is 0.248 e. The predicted octanol–water partition coefficient (Wildman–Crippen LogP) is 1.05. The Morgan fingerprint density at radius 1 is 1.58 bits per heavy atom. The second-order valence-corrected chi connectivity index (χ2v) is 2.56. The van der Waals surface area contributed by atoms with Crippen LogP contribution in [0.25, 0.3) is 0 Å². The van der Waals surface area contributed by atoms with Crippen molar-refractivity contribution in [3.8, 4) is 5.75 Å². The van der Waals surface area contributed by atoms with Crippen LogP contribution in [0.5, 0.6) is 5.75 Å². The number of carbonyl (C=O) groups excluding carboxylic acids is 1. The fraction of sp³-hybridized carbons (Fsp3) is 0.222. The van der Waals surface area contributed by atoms with E-state index >= 15 is 0 Å². The normalized spacial score (nSPS) is 9.75. The second-order valence-electron chi connectivity index (χ2n) is 2.56. The largest absolute Gasteiger partial charge is 0.508 e. The van der Waals surface area contributed by atoms with E-state index in [1.54, 1.807) is 12.1 Å². The van der Waals surface area contributed by atoms with Crippen LogP contribution in [0.4, 0.5) is 0 Å². The molecule has 1 amide bonds. The molecule has 64 valence electrons. The molecule has 3 nitrogen and oxygen atoms in total. The molecule has 0 saturated heterocycles. The summed E-state index contributed by atoms with van der Waals surface area (Å²) in [6.45, 7) is 1.93. The van der Waals surface area contributed by atoms with Gasteiger partial charge < -0.3 is 10.8 Å². The number of hydrogen-bond donors (Lipinski definition) is 2. The van der Waals surface area contributed by atoms with Gasteiger partial charge in [-0.15, -0.1) is 0 Å². The van der Waals surface area contributed by atoms with Gasteiger partial charge in [-0.25, -0.2) is 0 Å². The molecule has 3 heteroatoms. The minimum Gasteiger partial charge on any atom is -0.508 e. The number of aryl methyl sites for hydroxylation is 1. The summed E-state index contributed by atoms with van der Waals surface area (Å²) in [5.41, 5.74) is 6.18. The third kappa shape index (κ3) is 1.56. The Labute approximate surface area is 70.8 Å². The maximum Gasteiger partial charge on any atom is 0.248 e. The molecule has 0 saturated carbocycles. The fourth-order valence-corrected chi connectivity index (χ4v) is 1.02. The van der Waals surface area contributed by atoms with Crippen LogP contribution < -0.4 is 5.73 Å². The van der Waals surface area contributed by atoms with Crippen LogP contribution in [0, 0.1) is 0 Å². The number of hydrogen-bond acceptors (Lipinski definition) is 2. The second kappa shape index (κ2) is 3.26. The van der Waals surface area contributed by atoms with Gasteiger partial charge in [0.25, 0.3) is 0 Å². The van der Waals surface area contributed by atoms with Gasteiger partial charge in [-0.2, -0.15) is 0 Å². The number of carbonyl (C=O) groups is 1. The predicted molar refractivity (Wildman–Crippen MR) is 46.0 cm³/mol. The van der Waals surface area contributed by atoms with Crippen LogP contribution in [-0.2, 0) is 6.42 Å². The van der Waals surface area contributed by atoms with Crippen LogP contribution in [0.3, 0.4) is 0 Å². The lowest BCUT2D eigenvalue weighted by Gasteiger charge is -2.02. The van der Waals surface area contributed by atoms with Crippen LogP contribution in [-0.4, -0.2) is 11.0 Å². The van der Waals surface area contributed by atoms with Crippen molar-refractivity contribution in [2.24, 2.45) is 5.73 Å². The van der Waals surface area contributed by atoms with E-state index in [2.05, 4.69) is 0 Å². The summed E-state index contributed by atoms with van der Waals surface area (Å²) in [6.07, 6.45) is 0.741. The summed E-state index contributed by atoms with van der Waals surface area (Å²) < 4.78 is 0. The lowest BCUT2D eigenvalue weighted by atomic mass is 10.1. The van der Waals surface area contributed by atoms with Crippen LogP contribution >= 0.6 is 0 Å². The summed E-state index contributed by atoms with van der Waals surface area (Å²) >= 11 is 0. The lowest BCUT2D eigenvalue weighted by molar-refractivity contribution is 0.1000. The fourth-order valence-electron chi connectivity index (χ4n) is 1.02. The number of primary amides is 1. The number of phenolic OH excluding ortho intramolecular Hbond substituents is 1. The molecular formula is C9H11NO2. The number of rotatable bonds is 2. The van der Waals surface area contributed by atoms with Crippen molar-refractivity contribution >= 4 is 5.91 Å².